The van der Waals surface area contributed by atoms with Gasteiger partial charge < -0.3 is 14.4 Å². The molecule has 2 aromatic heterocycles. The molecule has 1 saturated heterocycles. The fourth-order valence-electron chi connectivity index (χ4n) is 2.82. The number of carbonyl (C=O) groups excluding carboxylic acids is 1. The van der Waals surface area contributed by atoms with Crippen LogP contribution in [0.5, 0.6) is 5.75 Å². The number of H-pyrrole nitrogens is 1. The van der Waals surface area contributed by atoms with E-state index in [1.54, 1.807) is 13.2 Å². The molecule has 2 aromatic rings. The van der Waals surface area contributed by atoms with E-state index in [2.05, 4.69) is 10.2 Å². The summed E-state index contributed by atoms with van der Waals surface area (Å²) in [6, 6.07) is 1.68. The third-order valence-corrected chi connectivity index (χ3v) is 4.83. The monoisotopic (exact) mass is 321 g/mol. The van der Waals surface area contributed by atoms with Gasteiger partial charge in [0.15, 0.2) is 0 Å². The van der Waals surface area contributed by atoms with E-state index in [1.165, 1.54) is 11.3 Å². The number of methoxy groups -OCH3 is 1. The SMILES string of the molecule is COc1csc(C(=O)N2CCOC[C@@H]2c2c(C)n[nH]c2C)c1. The largest absolute Gasteiger partial charge is 0.496 e. The predicted octanol–water partition coefficient (Wildman–Crippen LogP) is 2.31. The number of aryl methyl sites for hydroxylation is 2. The van der Waals surface area contributed by atoms with Crippen LogP contribution < -0.4 is 4.74 Å². The molecule has 3 heterocycles. The summed E-state index contributed by atoms with van der Waals surface area (Å²) in [6.45, 7) is 5.55. The highest BCUT2D eigenvalue weighted by Gasteiger charge is 2.33. The highest BCUT2D eigenvalue weighted by molar-refractivity contribution is 7.12. The molecule has 0 aliphatic carbocycles. The van der Waals surface area contributed by atoms with Crippen molar-refractivity contribution in [3.63, 3.8) is 0 Å². The summed E-state index contributed by atoms with van der Waals surface area (Å²) in [6.07, 6.45) is 0. The summed E-state index contributed by atoms with van der Waals surface area (Å²) >= 11 is 1.40. The summed E-state index contributed by atoms with van der Waals surface area (Å²) < 4.78 is 10.8. The Morgan fingerprint density at radius 3 is 3.00 bits per heavy atom. The molecule has 6 nitrogen and oxygen atoms in total. The van der Waals surface area contributed by atoms with Crippen LogP contribution in [0.4, 0.5) is 0 Å². The van der Waals surface area contributed by atoms with Crippen LogP contribution in [0.1, 0.15) is 32.7 Å². The number of ether oxygens (including phenoxy) is 2. The van der Waals surface area contributed by atoms with Gasteiger partial charge in [-0.15, -0.1) is 11.3 Å². The van der Waals surface area contributed by atoms with Gasteiger partial charge in [-0.3, -0.25) is 9.89 Å². The molecule has 0 saturated carbocycles. The first-order chi connectivity index (χ1) is 10.6. The van der Waals surface area contributed by atoms with Crippen molar-refractivity contribution in [2.24, 2.45) is 0 Å². The fourth-order valence-corrected chi connectivity index (χ4v) is 3.63. The third kappa shape index (κ3) is 2.62. The Labute approximate surface area is 133 Å². The number of thiophene rings is 1. The van der Waals surface area contributed by atoms with Crippen LogP contribution in [-0.4, -0.2) is 47.9 Å². The first kappa shape index (κ1) is 15.1. The lowest BCUT2D eigenvalue weighted by molar-refractivity contribution is -0.00275. The van der Waals surface area contributed by atoms with E-state index in [9.17, 15) is 4.79 Å². The summed E-state index contributed by atoms with van der Waals surface area (Å²) in [5, 5.41) is 9.07. The number of amides is 1. The fraction of sp³-hybridized carbons (Fsp3) is 0.467. The van der Waals surface area contributed by atoms with Crippen molar-refractivity contribution < 1.29 is 14.3 Å². The van der Waals surface area contributed by atoms with Crippen LogP contribution in [0.15, 0.2) is 11.4 Å². The Kier molecular flexibility index (Phi) is 4.17. The molecule has 3 rings (SSSR count). The minimum absolute atomic E-state index is 0.0154. The Morgan fingerprint density at radius 2 is 2.36 bits per heavy atom. The van der Waals surface area contributed by atoms with Gasteiger partial charge in [-0.2, -0.15) is 5.10 Å². The number of aromatic amines is 1. The number of carbonyl (C=O) groups is 1. The summed E-state index contributed by atoms with van der Waals surface area (Å²) in [5.41, 5.74) is 2.95. The van der Waals surface area contributed by atoms with Gasteiger partial charge in [-0.25, -0.2) is 0 Å². The molecular weight excluding hydrogens is 302 g/mol. The third-order valence-electron chi connectivity index (χ3n) is 3.93. The topological polar surface area (TPSA) is 67.4 Å². The molecule has 0 spiro atoms. The maximum atomic E-state index is 12.9. The smallest absolute Gasteiger partial charge is 0.264 e. The molecule has 7 heteroatoms. The Morgan fingerprint density at radius 1 is 1.55 bits per heavy atom. The molecular formula is C15H19N3O3S. The summed E-state index contributed by atoms with van der Waals surface area (Å²) in [4.78, 5) is 15.4. The lowest BCUT2D eigenvalue weighted by atomic mass is 10.0. The van der Waals surface area contributed by atoms with Gasteiger partial charge in [0.2, 0.25) is 0 Å². The molecule has 1 aliphatic heterocycles. The zero-order valence-electron chi connectivity index (χ0n) is 12.9. The van der Waals surface area contributed by atoms with Crippen molar-refractivity contribution in [1.82, 2.24) is 15.1 Å². The molecule has 1 N–H and O–H groups in total. The van der Waals surface area contributed by atoms with Crippen molar-refractivity contribution in [2.45, 2.75) is 19.9 Å². The highest BCUT2D eigenvalue weighted by atomic mass is 32.1. The molecule has 0 radical (unpaired) electrons. The van der Waals surface area contributed by atoms with E-state index >= 15 is 0 Å². The molecule has 0 unspecified atom stereocenters. The minimum atomic E-state index is -0.104. The van der Waals surface area contributed by atoms with Crippen LogP contribution in [0.2, 0.25) is 0 Å². The number of nitrogens with one attached hydrogen (secondary N) is 1. The molecule has 1 aliphatic rings. The van der Waals surface area contributed by atoms with E-state index in [1.807, 2.05) is 24.1 Å². The molecule has 1 atom stereocenters. The second-order valence-electron chi connectivity index (χ2n) is 5.29. The zero-order valence-corrected chi connectivity index (χ0v) is 13.7. The van der Waals surface area contributed by atoms with Crippen molar-refractivity contribution >= 4 is 17.2 Å². The van der Waals surface area contributed by atoms with E-state index < -0.39 is 0 Å². The number of nitrogens with zero attached hydrogens (tertiary/aromatic N) is 2. The van der Waals surface area contributed by atoms with Crippen LogP contribution in [0.25, 0.3) is 0 Å². The van der Waals surface area contributed by atoms with Crippen molar-refractivity contribution in [3.8, 4) is 5.75 Å². The Balaban J connectivity index is 1.91. The maximum absolute atomic E-state index is 12.9. The highest BCUT2D eigenvalue weighted by Crippen LogP contribution is 2.31. The van der Waals surface area contributed by atoms with Gasteiger partial charge in [-0.05, 0) is 13.8 Å². The van der Waals surface area contributed by atoms with Crippen molar-refractivity contribution in [3.05, 3.63) is 33.3 Å². The summed E-state index contributed by atoms with van der Waals surface area (Å²) in [7, 11) is 1.60. The molecule has 0 bridgehead atoms. The second-order valence-corrected chi connectivity index (χ2v) is 6.20. The summed E-state index contributed by atoms with van der Waals surface area (Å²) in [5.74, 6) is 0.732. The lowest BCUT2D eigenvalue weighted by Crippen LogP contribution is -2.43. The van der Waals surface area contributed by atoms with Gasteiger partial charge in [0.05, 0.1) is 36.9 Å². The van der Waals surface area contributed by atoms with Gasteiger partial charge in [-0.1, -0.05) is 0 Å². The molecule has 1 fully saturated rings. The molecule has 1 amide bonds. The van der Waals surface area contributed by atoms with Crippen LogP contribution in [0.3, 0.4) is 0 Å². The number of hydrogen-bond donors (Lipinski definition) is 1. The molecule has 0 aromatic carbocycles. The first-order valence-electron chi connectivity index (χ1n) is 7.14. The maximum Gasteiger partial charge on any atom is 0.264 e. The minimum Gasteiger partial charge on any atom is -0.496 e. The quantitative estimate of drug-likeness (QED) is 0.942. The zero-order chi connectivity index (χ0) is 15.7. The molecule has 22 heavy (non-hydrogen) atoms. The van der Waals surface area contributed by atoms with Crippen molar-refractivity contribution in [2.75, 3.05) is 26.9 Å². The number of morpholine rings is 1. The van der Waals surface area contributed by atoms with E-state index in [-0.39, 0.29) is 11.9 Å². The standard InChI is InChI=1S/C15H19N3O3S/c1-9-14(10(2)17-16-9)12-7-21-5-4-18(12)15(19)13-6-11(20-3)8-22-13/h6,8,12H,4-5,7H2,1-3H3,(H,16,17)/t12-/m1/s1. The van der Waals surface area contributed by atoms with E-state index in [0.717, 1.165) is 17.0 Å². The lowest BCUT2D eigenvalue weighted by Gasteiger charge is -2.35. The van der Waals surface area contributed by atoms with Gasteiger partial charge in [0.25, 0.3) is 5.91 Å². The van der Waals surface area contributed by atoms with Gasteiger partial charge in [0, 0.05) is 29.2 Å². The second kappa shape index (κ2) is 6.10. The van der Waals surface area contributed by atoms with Gasteiger partial charge >= 0.3 is 0 Å². The molecule has 118 valence electrons. The van der Waals surface area contributed by atoms with E-state index in [4.69, 9.17) is 9.47 Å². The average molecular weight is 321 g/mol. The van der Waals surface area contributed by atoms with E-state index in [0.29, 0.717) is 30.4 Å². The van der Waals surface area contributed by atoms with Crippen LogP contribution in [0, 0.1) is 13.8 Å². The van der Waals surface area contributed by atoms with Gasteiger partial charge in [0.1, 0.15) is 5.75 Å². The number of aromatic nitrogens is 2. The van der Waals surface area contributed by atoms with Crippen LogP contribution in [-0.2, 0) is 4.74 Å². The Bertz CT molecular complexity index is 660. The normalized spacial score (nSPS) is 18.5. The van der Waals surface area contributed by atoms with Crippen molar-refractivity contribution in [1.29, 1.82) is 0 Å². The van der Waals surface area contributed by atoms with Crippen LogP contribution >= 0.6 is 11.3 Å². The number of rotatable bonds is 3. The first-order valence-corrected chi connectivity index (χ1v) is 8.02. The predicted molar refractivity (Wildman–Crippen MR) is 83.5 cm³/mol. The average Bonchev–Trinajstić information content (AvgIpc) is 3.14. The number of hydrogen-bond acceptors (Lipinski definition) is 5. The Hall–Kier alpha value is -1.86.